The van der Waals surface area contributed by atoms with Gasteiger partial charge in [-0.15, -0.1) is 0 Å². The number of para-hydroxylation sites is 1. The minimum Gasteiger partial charge on any atom is -0.379 e. The zero-order valence-electron chi connectivity index (χ0n) is 19.6. The highest BCUT2D eigenvalue weighted by Crippen LogP contribution is 2.23. The van der Waals surface area contributed by atoms with E-state index in [2.05, 4.69) is 54.6 Å². The number of pyridine rings is 1. The average molecular weight is 467 g/mol. The molecule has 1 aromatic heterocycles. The summed E-state index contributed by atoms with van der Waals surface area (Å²) in [6.07, 6.45) is 3.58. The van der Waals surface area contributed by atoms with Crippen molar-refractivity contribution in [2.45, 2.75) is 6.04 Å². The molecule has 0 aliphatic carbocycles. The molecule has 2 aliphatic rings. The van der Waals surface area contributed by atoms with E-state index in [4.69, 9.17) is 4.74 Å². The Balaban J connectivity index is 1.28. The number of carbonyl (C=O) groups excluding carboxylic acids is 2. The van der Waals surface area contributed by atoms with Gasteiger partial charge in [0.05, 0.1) is 19.3 Å². The predicted octanol–water partition coefficient (Wildman–Crippen LogP) is 0.510. The lowest BCUT2D eigenvalue weighted by Crippen LogP contribution is -2.51. The third kappa shape index (κ3) is 6.75. The van der Waals surface area contributed by atoms with Crippen molar-refractivity contribution in [3.8, 4) is 0 Å². The van der Waals surface area contributed by atoms with E-state index in [0.29, 0.717) is 32.8 Å². The van der Waals surface area contributed by atoms with E-state index < -0.39 is 11.8 Å². The Kier molecular flexibility index (Phi) is 8.84. The molecule has 34 heavy (non-hydrogen) atoms. The number of amides is 2. The molecule has 0 unspecified atom stereocenters. The van der Waals surface area contributed by atoms with Gasteiger partial charge in [0.1, 0.15) is 0 Å². The third-order valence-corrected chi connectivity index (χ3v) is 6.43. The van der Waals surface area contributed by atoms with Gasteiger partial charge >= 0.3 is 11.8 Å². The summed E-state index contributed by atoms with van der Waals surface area (Å²) in [7, 11) is 0. The van der Waals surface area contributed by atoms with Crippen LogP contribution in [0, 0.1) is 0 Å². The van der Waals surface area contributed by atoms with Crippen LogP contribution in [0.4, 0.5) is 5.69 Å². The Labute approximate surface area is 201 Å². The molecule has 9 nitrogen and oxygen atoms in total. The summed E-state index contributed by atoms with van der Waals surface area (Å²) in [5.41, 5.74) is 2.26. The van der Waals surface area contributed by atoms with E-state index in [9.17, 15) is 9.59 Å². The Morgan fingerprint density at radius 3 is 2.35 bits per heavy atom. The van der Waals surface area contributed by atoms with Crippen LogP contribution in [-0.4, -0.2) is 98.7 Å². The zero-order chi connectivity index (χ0) is 23.6. The van der Waals surface area contributed by atoms with Crippen LogP contribution in [0.5, 0.6) is 0 Å². The number of piperazine rings is 1. The Hall–Kier alpha value is -3.01. The van der Waals surface area contributed by atoms with Gasteiger partial charge in [0.25, 0.3) is 0 Å². The summed E-state index contributed by atoms with van der Waals surface area (Å²) in [4.78, 5) is 36.0. The molecule has 2 N–H and O–H groups in total. The molecule has 2 saturated heterocycles. The largest absolute Gasteiger partial charge is 0.379 e. The highest BCUT2D eigenvalue weighted by atomic mass is 16.5. The fourth-order valence-corrected chi connectivity index (χ4v) is 4.46. The van der Waals surface area contributed by atoms with E-state index in [1.807, 2.05) is 24.4 Å². The molecule has 2 amide bonds. The molecular weight excluding hydrogens is 432 g/mol. The summed E-state index contributed by atoms with van der Waals surface area (Å²) in [6.45, 7) is 8.16. The second-order valence-electron chi connectivity index (χ2n) is 8.58. The lowest BCUT2D eigenvalue weighted by Gasteiger charge is -2.40. The number of nitrogens with zero attached hydrogens (tertiary/aromatic N) is 4. The monoisotopic (exact) mass is 466 g/mol. The van der Waals surface area contributed by atoms with Gasteiger partial charge in [0.15, 0.2) is 0 Å². The van der Waals surface area contributed by atoms with Crippen molar-refractivity contribution in [1.29, 1.82) is 0 Å². The second kappa shape index (κ2) is 12.5. The first-order valence-corrected chi connectivity index (χ1v) is 12.0. The molecular formula is C25H34N6O3. The number of morpholine rings is 1. The van der Waals surface area contributed by atoms with Gasteiger partial charge in [-0.1, -0.05) is 24.3 Å². The second-order valence-corrected chi connectivity index (χ2v) is 8.58. The smallest absolute Gasteiger partial charge is 0.309 e. The van der Waals surface area contributed by atoms with Gasteiger partial charge in [0.2, 0.25) is 0 Å². The number of anilines is 1. The molecule has 1 aromatic carbocycles. The molecule has 0 bridgehead atoms. The van der Waals surface area contributed by atoms with Gasteiger partial charge in [-0.3, -0.25) is 24.4 Å². The van der Waals surface area contributed by atoms with Crippen molar-refractivity contribution < 1.29 is 14.3 Å². The lowest BCUT2D eigenvalue weighted by molar-refractivity contribution is -0.139. The normalized spacial score (nSPS) is 18.3. The van der Waals surface area contributed by atoms with Gasteiger partial charge in [-0.05, 0) is 23.8 Å². The van der Waals surface area contributed by atoms with Crippen LogP contribution in [0.15, 0.2) is 54.9 Å². The number of benzene rings is 1. The molecule has 0 saturated carbocycles. The van der Waals surface area contributed by atoms with Crippen LogP contribution in [0.25, 0.3) is 0 Å². The van der Waals surface area contributed by atoms with Crippen molar-refractivity contribution in [3.63, 3.8) is 0 Å². The van der Waals surface area contributed by atoms with Gasteiger partial charge in [0, 0.05) is 77.0 Å². The Bertz CT molecular complexity index is 899. The molecule has 2 fully saturated rings. The van der Waals surface area contributed by atoms with Crippen molar-refractivity contribution in [2.75, 3.05) is 77.0 Å². The summed E-state index contributed by atoms with van der Waals surface area (Å²) in [5, 5.41) is 5.57. The zero-order valence-corrected chi connectivity index (χ0v) is 19.6. The first-order valence-electron chi connectivity index (χ1n) is 12.0. The standard InChI is InChI=1S/C25H34N6O3/c32-24(27-9-10-29-15-17-34-18-16-29)25(33)28-20-23(21-5-4-8-26-19-21)31-13-11-30(12-14-31)22-6-2-1-3-7-22/h1-8,19,23H,9-18,20H2,(H,27,32)(H,28,33)/t23-/m1/s1. The fraction of sp³-hybridized carbons (Fsp3) is 0.480. The van der Waals surface area contributed by atoms with Crippen molar-refractivity contribution >= 4 is 17.5 Å². The lowest BCUT2D eigenvalue weighted by atomic mass is 10.1. The minimum atomic E-state index is -0.598. The third-order valence-electron chi connectivity index (χ3n) is 6.43. The van der Waals surface area contributed by atoms with Crippen molar-refractivity contribution in [3.05, 3.63) is 60.4 Å². The van der Waals surface area contributed by atoms with E-state index in [0.717, 1.165) is 44.8 Å². The van der Waals surface area contributed by atoms with Gasteiger partial charge < -0.3 is 20.3 Å². The highest BCUT2D eigenvalue weighted by molar-refractivity contribution is 6.35. The van der Waals surface area contributed by atoms with E-state index in [1.165, 1.54) is 5.69 Å². The van der Waals surface area contributed by atoms with Crippen LogP contribution < -0.4 is 15.5 Å². The Morgan fingerprint density at radius 2 is 1.65 bits per heavy atom. The summed E-state index contributed by atoms with van der Waals surface area (Å²) < 4.78 is 5.33. The first-order chi connectivity index (χ1) is 16.7. The fourth-order valence-electron chi connectivity index (χ4n) is 4.46. The molecule has 1 atom stereocenters. The average Bonchev–Trinajstić information content (AvgIpc) is 2.91. The van der Waals surface area contributed by atoms with Crippen molar-refractivity contribution in [1.82, 2.24) is 25.4 Å². The number of aromatic nitrogens is 1. The molecule has 182 valence electrons. The van der Waals surface area contributed by atoms with Crippen LogP contribution in [0.2, 0.25) is 0 Å². The SMILES string of the molecule is O=C(NCCN1CCOCC1)C(=O)NC[C@H](c1cccnc1)N1CCN(c2ccccc2)CC1. The van der Waals surface area contributed by atoms with Crippen molar-refractivity contribution in [2.24, 2.45) is 0 Å². The first kappa shape index (κ1) is 24.1. The highest BCUT2D eigenvalue weighted by Gasteiger charge is 2.26. The molecule has 4 rings (SSSR count). The van der Waals surface area contributed by atoms with Crippen LogP contribution in [0.3, 0.4) is 0 Å². The summed E-state index contributed by atoms with van der Waals surface area (Å²) >= 11 is 0. The molecule has 2 aromatic rings. The van der Waals surface area contributed by atoms with E-state index >= 15 is 0 Å². The van der Waals surface area contributed by atoms with Crippen LogP contribution >= 0.6 is 0 Å². The number of hydrogen-bond donors (Lipinski definition) is 2. The molecule has 9 heteroatoms. The number of nitrogens with one attached hydrogen (secondary N) is 2. The van der Waals surface area contributed by atoms with Gasteiger partial charge in [-0.2, -0.15) is 0 Å². The van der Waals surface area contributed by atoms with Gasteiger partial charge in [-0.25, -0.2) is 0 Å². The number of hydrogen-bond acceptors (Lipinski definition) is 7. The predicted molar refractivity (Wildman–Crippen MR) is 130 cm³/mol. The minimum absolute atomic E-state index is 0.0447. The topological polar surface area (TPSA) is 90.0 Å². The summed E-state index contributed by atoms with van der Waals surface area (Å²) in [5.74, 6) is -1.19. The molecule has 0 radical (unpaired) electrons. The molecule has 0 spiro atoms. The number of rotatable bonds is 8. The number of carbonyl (C=O) groups is 2. The van der Waals surface area contributed by atoms with E-state index in [-0.39, 0.29) is 6.04 Å². The summed E-state index contributed by atoms with van der Waals surface area (Å²) in [6, 6.07) is 14.3. The maximum absolute atomic E-state index is 12.5. The molecule has 3 heterocycles. The molecule has 2 aliphatic heterocycles. The number of ether oxygens (including phenoxy) is 1. The van der Waals surface area contributed by atoms with Crippen LogP contribution in [0.1, 0.15) is 11.6 Å². The maximum Gasteiger partial charge on any atom is 0.309 e. The maximum atomic E-state index is 12.5. The van der Waals surface area contributed by atoms with Crippen LogP contribution in [-0.2, 0) is 14.3 Å². The van der Waals surface area contributed by atoms with E-state index in [1.54, 1.807) is 6.20 Å². The quantitative estimate of drug-likeness (QED) is 0.548. The Morgan fingerprint density at radius 1 is 0.912 bits per heavy atom.